The van der Waals surface area contributed by atoms with Gasteiger partial charge in [-0.05, 0) is 50.8 Å². The van der Waals surface area contributed by atoms with Crippen LogP contribution >= 0.6 is 11.6 Å². The Morgan fingerprint density at radius 3 is 2.55 bits per heavy atom. The fourth-order valence-electron chi connectivity index (χ4n) is 4.43. The molecule has 1 saturated carbocycles. The highest BCUT2D eigenvalue weighted by molar-refractivity contribution is 6.33. The lowest BCUT2D eigenvalue weighted by Gasteiger charge is -2.29. The van der Waals surface area contributed by atoms with Crippen molar-refractivity contribution in [2.75, 3.05) is 5.32 Å². The number of amides is 1. The van der Waals surface area contributed by atoms with Crippen molar-refractivity contribution in [1.29, 1.82) is 0 Å². The fourth-order valence-corrected chi connectivity index (χ4v) is 4.62. The summed E-state index contributed by atoms with van der Waals surface area (Å²) in [6.07, 6.45) is 7.29. The van der Waals surface area contributed by atoms with Gasteiger partial charge in [0.25, 0.3) is 5.91 Å². The Labute approximate surface area is 197 Å². The van der Waals surface area contributed by atoms with Crippen LogP contribution in [0.15, 0.2) is 60.9 Å². The molecule has 33 heavy (non-hydrogen) atoms. The Bertz CT molecular complexity index is 1280. The number of halogens is 1. The molecule has 0 unspecified atom stereocenters. The summed E-state index contributed by atoms with van der Waals surface area (Å²) in [7, 11) is 0. The van der Waals surface area contributed by atoms with Crippen molar-refractivity contribution >= 4 is 34.4 Å². The Morgan fingerprint density at radius 1 is 1.03 bits per heavy atom. The summed E-state index contributed by atoms with van der Waals surface area (Å²) in [4.78, 5) is 24.9. The molecule has 6 nitrogen and oxygen atoms in total. The molecule has 1 fully saturated rings. The Morgan fingerprint density at radius 2 is 1.76 bits per heavy atom. The predicted octanol–water partition coefficient (Wildman–Crippen LogP) is 5.74. The van der Waals surface area contributed by atoms with Gasteiger partial charge in [-0.15, -0.1) is 0 Å². The van der Waals surface area contributed by atoms with Gasteiger partial charge >= 0.3 is 0 Å². The number of hydrogen-bond donors (Lipinski definition) is 3. The fraction of sp³-hybridized carbons (Fsp3) is 0.269. The van der Waals surface area contributed by atoms with Crippen molar-refractivity contribution in [3.63, 3.8) is 0 Å². The molecule has 2 aromatic carbocycles. The van der Waals surface area contributed by atoms with E-state index in [-0.39, 0.29) is 18.0 Å². The van der Waals surface area contributed by atoms with Gasteiger partial charge in [-0.2, -0.15) is 0 Å². The zero-order valence-corrected chi connectivity index (χ0v) is 19.2. The lowest BCUT2D eigenvalue weighted by Crippen LogP contribution is -2.40. The van der Waals surface area contributed by atoms with Crippen LogP contribution in [-0.4, -0.2) is 32.9 Å². The third-order valence-corrected chi connectivity index (χ3v) is 6.57. The number of aromatic amines is 1. The minimum atomic E-state index is -0.00388. The van der Waals surface area contributed by atoms with Gasteiger partial charge in [0, 0.05) is 40.3 Å². The summed E-state index contributed by atoms with van der Waals surface area (Å²) in [5.74, 6) is 0.572. The molecule has 2 heterocycles. The first-order valence-corrected chi connectivity index (χ1v) is 11.7. The minimum absolute atomic E-state index is 0.00388. The Balaban J connectivity index is 1.22. The predicted molar refractivity (Wildman–Crippen MR) is 133 cm³/mol. The van der Waals surface area contributed by atoms with E-state index in [9.17, 15) is 4.79 Å². The summed E-state index contributed by atoms with van der Waals surface area (Å²) in [6.45, 7) is 2.02. The van der Waals surface area contributed by atoms with Crippen LogP contribution in [0.5, 0.6) is 0 Å². The summed E-state index contributed by atoms with van der Waals surface area (Å²) in [6, 6.07) is 16.2. The van der Waals surface area contributed by atoms with Gasteiger partial charge in [0.2, 0.25) is 5.95 Å². The molecule has 3 N–H and O–H groups in total. The standard InChI is InChI=1S/C26H26ClN5O/c1-16-6-8-17(9-7-16)25(33)30-18-10-12-19(13-11-18)31-26-29-15-22(27)24(32-26)21-14-28-23-5-3-2-4-20(21)23/h2-9,14-15,18-19,28H,10-13H2,1H3,(H,30,33)(H,29,31,32). The first-order chi connectivity index (χ1) is 16.1. The van der Waals surface area contributed by atoms with E-state index in [1.165, 1.54) is 0 Å². The molecule has 7 heteroatoms. The third-order valence-electron chi connectivity index (χ3n) is 6.30. The van der Waals surface area contributed by atoms with Crippen LogP contribution in [0, 0.1) is 6.92 Å². The number of carbonyl (C=O) groups is 1. The molecule has 0 saturated heterocycles. The number of nitrogens with zero attached hydrogens (tertiary/aromatic N) is 2. The molecule has 0 radical (unpaired) electrons. The van der Waals surface area contributed by atoms with Crippen LogP contribution < -0.4 is 10.6 Å². The number of anilines is 1. The van der Waals surface area contributed by atoms with Gasteiger partial charge in [0.15, 0.2) is 0 Å². The second-order valence-corrected chi connectivity index (χ2v) is 9.08. The number of para-hydroxylation sites is 1. The zero-order chi connectivity index (χ0) is 22.8. The minimum Gasteiger partial charge on any atom is -0.360 e. The van der Waals surface area contributed by atoms with Gasteiger partial charge in [-0.1, -0.05) is 47.5 Å². The number of fused-ring (bicyclic) bond motifs is 1. The van der Waals surface area contributed by atoms with Crippen molar-refractivity contribution < 1.29 is 4.79 Å². The van der Waals surface area contributed by atoms with Gasteiger partial charge in [0.1, 0.15) is 0 Å². The van der Waals surface area contributed by atoms with Gasteiger partial charge < -0.3 is 15.6 Å². The van der Waals surface area contributed by atoms with Crippen molar-refractivity contribution in [3.8, 4) is 11.3 Å². The summed E-state index contributed by atoms with van der Waals surface area (Å²) in [5, 5.41) is 8.24. The molecule has 2 aromatic heterocycles. The first-order valence-electron chi connectivity index (χ1n) is 11.3. The highest BCUT2D eigenvalue weighted by Crippen LogP contribution is 2.32. The first kappa shape index (κ1) is 21.5. The lowest BCUT2D eigenvalue weighted by molar-refractivity contribution is 0.0926. The quantitative estimate of drug-likeness (QED) is 0.355. The molecule has 4 aromatic rings. The molecular formula is C26H26ClN5O. The van der Waals surface area contributed by atoms with E-state index in [1.807, 2.05) is 55.6 Å². The van der Waals surface area contributed by atoms with E-state index in [0.717, 1.165) is 47.7 Å². The maximum Gasteiger partial charge on any atom is 0.251 e. The monoisotopic (exact) mass is 459 g/mol. The normalized spacial score (nSPS) is 18.2. The van der Waals surface area contributed by atoms with Crippen LogP contribution in [0.4, 0.5) is 5.95 Å². The summed E-state index contributed by atoms with van der Waals surface area (Å²) >= 11 is 6.45. The van der Waals surface area contributed by atoms with Crippen molar-refractivity contribution in [3.05, 3.63) is 77.1 Å². The second kappa shape index (κ2) is 9.24. The number of hydrogen-bond acceptors (Lipinski definition) is 4. The maximum atomic E-state index is 12.5. The highest BCUT2D eigenvalue weighted by Gasteiger charge is 2.24. The van der Waals surface area contributed by atoms with Crippen LogP contribution in [0.25, 0.3) is 22.2 Å². The number of carbonyl (C=O) groups excluding carboxylic acids is 1. The van der Waals surface area contributed by atoms with Crippen LogP contribution in [0.1, 0.15) is 41.6 Å². The Hall–Kier alpha value is -3.38. The van der Waals surface area contributed by atoms with Crippen LogP contribution in [0.2, 0.25) is 5.02 Å². The summed E-state index contributed by atoms with van der Waals surface area (Å²) < 4.78 is 0. The average Bonchev–Trinajstić information content (AvgIpc) is 3.26. The lowest BCUT2D eigenvalue weighted by atomic mass is 9.91. The number of rotatable bonds is 5. The van der Waals surface area contributed by atoms with E-state index in [1.54, 1.807) is 6.20 Å². The molecule has 5 rings (SSSR count). The van der Waals surface area contributed by atoms with Crippen molar-refractivity contribution in [2.24, 2.45) is 0 Å². The zero-order valence-electron chi connectivity index (χ0n) is 18.4. The van der Waals surface area contributed by atoms with E-state index >= 15 is 0 Å². The molecule has 1 aliphatic carbocycles. The van der Waals surface area contributed by atoms with Gasteiger partial charge in [-0.3, -0.25) is 4.79 Å². The number of aryl methyl sites for hydroxylation is 1. The van der Waals surface area contributed by atoms with E-state index < -0.39 is 0 Å². The molecule has 1 aliphatic rings. The number of benzene rings is 2. The molecule has 0 aliphatic heterocycles. The second-order valence-electron chi connectivity index (χ2n) is 8.67. The number of H-pyrrole nitrogens is 1. The molecular weight excluding hydrogens is 434 g/mol. The SMILES string of the molecule is Cc1ccc(C(=O)NC2CCC(Nc3ncc(Cl)c(-c4c[nH]c5ccccc45)n3)CC2)cc1. The summed E-state index contributed by atoms with van der Waals surface area (Å²) in [5.41, 5.74) is 4.58. The topological polar surface area (TPSA) is 82.7 Å². The van der Waals surface area contributed by atoms with Gasteiger partial charge in [0.05, 0.1) is 16.9 Å². The number of aromatic nitrogens is 3. The number of nitrogens with one attached hydrogen (secondary N) is 3. The van der Waals surface area contributed by atoms with E-state index in [2.05, 4.69) is 26.7 Å². The van der Waals surface area contributed by atoms with Crippen LogP contribution in [0.3, 0.4) is 0 Å². The van der Waals surface area contributed by atoms with Crippen molar-refractivity contribution in [1.82, 2.24) is 20.3 Å². The largest absolute Gasteiger partial charge is 0.360 e. The molecule has 0 bridgehead atoms. The average molecular weight is 460 g/mol. The van der Waals surface area contributed by atoms with E-state index in [4.69, 9.17) is 16.6 Å². The molecule has 168 valence electrons. The van der Waals surface area contributed by atoms with Crippen molar-refractivity contribution in [2.45, 2.75) is 44.7 Å². The smallest absolute Gasteiger partial charge is 0.251 e. The third kappa shape index (κ3) is 4.71. The Kier molecular flexibility index (Phi) is 6.01. The maximum absolute atomic E-state index is 12.5. The molecule has 0 atom stereocenters. The van der Waals surface area contributed by atoms with Gasteiger partial charge in [-0.25, -0.2) is 9.97 Å². The van der Waals surface area contributed by atoms with E-state index in [0.29, 0.717) is 22.2 Å². The molecule has 1 amide bonds. The molecule has 0 spiro atoms. The highest BCUT2D eigenvalue weighted by atomic mass is 35.5. The van der Waals surface area contributed by atoms with Crippen LogP contribution in [-0.2, 0) is 0 Å².